The second kappa shape index (κ2) is 8.19. The van der Waals surface area contributed by atoms with E-state index in [-0.39, 0.29) is 0 Å². The highest BCUT2D eigenvalue weighted by atomic mass is 32.1. The molecule has 3 heterocycles. The first-order chi connectivity index (χ1) is 14.7. The van der Waals surface area contributed by atoms with Crippen LogP contribution >= 0.6 is 12.2 Å². The number of benzene rings is 2. The molecule has 3 nitrogen and oxygen atoms in total. The highest BCUT2D eigenvalue weighted by Crippen LogP contribution is 2.27. The maximum Gasteiger partial charge on any atom is 0.217 e. The predicted octanol–water partition coefficient (Wildman–Crippen LogP) is 6.64. The first kappa shape index (κ1) is 19.3. The van der Waals surface area contributed by atoms with E-state index in [1.807, 2.05) is 0 Å². The van der Waals surface area contributed by atoms with Gasteiger partial charge in [0.1, 0.15) is 4.64 Å². The van der Waals surface area contributed by atoms with Crippen LogP contribution < -0.4 is 4.74 Å². The highest BCUT2D eigenvalue weighted by Gasteiger charge is 2.13. The van der Waals surface area contributed by atoms with Gasteiger partial charge >= 0.3 is 0 Å². The Kier molecular flexibility index (Phi) is 5.26. The summed E-state index contributed by atoms with van der Waals surface area (Å²) in [4.78, 5) is 8.08. The lowest BCUT2D eigenvalue weighted by molar-refractivity contribution is 0.277. The zero-order valence-corrected chi connectivity index (χ0v) is 18.1. The van der Waals surface area contributed by atoms with Gasteiger partial charge in [-0.2, -0.15) is 0 Å². The van der Waals surface area contributed by atoms with E-state index in [2.05, 4.69) is 60.4 Å². The van der Waals surface area contributed by atoms with E-state index >= 15 is 0 Å². The van der Waals surface area contributed by atoms with Crippen molar-refractivity contribution >= 4 is 34.0 Å². The van der Waals surface area contributed by atoms with Gasteiger partial charge in [-0.3, -0.25) is 0 Å². The maximum atomic E-state index is 5.70. The molecule has 1 aliphatic heterocycles. The normalized spacial score (nSPS) is 13.4. The number of unbranched alkanes of at least 4 members (excludes halogenated alkanes) is 1. The topological polar surface area (TPSA) is 37.9 Å². The van der Waals surface area contributed by atoms with Crippen molar-refractivity contribution in [2.24, 2.45) is 0 Å². The molecule has 2 aromatic carbocycles. The fraction of sp³-hybridized carbons (Fsp3) is 0.308. The lowest BCUT2D eigenvalue weighted by Gasteiger charge is -2.16. The quantitative estimate of drug-likeness (QED) is 0.294. The van der Waals surface area contributed by atoms with Crippen LogP contribution in [0.3, 0.4) is 0 Å². The third-order valence-corrected chi connectivity index (χ3v) is 6.35. The number of rotatable bonds is 5. The van der Waals surface area contributed by atoms with E-state index in [1.165, 1.54) is 33.0 Å². The Morgan fingerprint density at radius 3 is 2.83 bits per heavy atom. The number of hydrogen-bond acceptors (Lipinski definition) is 3. The van der Waals surface area contributed by atoms with Crippen LogP contribution in [0.2, 0.25) is 0 Å². The molecule has 5 rings (SSSR count). The molecule has 0 spiro atoms. The smallest absolute Gasteiger partial charge is 0.217 e. The molecule has 1 N–H and O–H groups in total. The molecule has 1 aliphatic rings. The molecule has 0 saturated heterocycles. The van der Waals surface area contributed by atoms with Crippen molar-refractivity contribution in [3.05, 3.63) is 75.4 Å². The SMILES string of the molecule is Cc1ccc2[nH]c(=S)c(CCCCc3ccc4nc5c(cc4c3)CCCO5)cc2c1. The van der Waals surface area contributed by atoms with E-state index in [0.29, 0.717) is 0 Å². The number of aromatic amines is 1. The van der Waals surface area contributed by atoms with Gasteiger partial charge in [0.2, 0.25) is 5.88 Å². The van der Waals surface area contributed by atoms with Gasteiger partial charge in [-0.1, -0.05) is 29.9 Å². The number of nitrogens with zero attached hydrogens (tertiary/aromatic N) is 1. The number of ether oxygens (including phenoxy) is 1. The standard InChI is InChI=1S/C26H26N2OS/c1-17-8-10-24-21(13-17)16-20(26(30)28-24)6-3-2-5-18-9-11-23-22(14-18)15-19-7-4-12-29-25(19)27-23/h8-11,13-16H,2-7,12H2,1H3,(H,28,30). The number of pyridine rings is 2. The average Bonchev–Trinajstić information content (AvgIpc) is 2.75. The molecule has 0 unspecified atom stereocenters. The van der Waals surface area contributed by atoms with Crippen molar-refractivity contribution in [1.82, 2.24) is 9.97 Å². The van der Waals surface area contributed by atoms with Gasteiger partial charge in [-0.15, -0.1) is 0 Å². The Hall–Kier alpha value is -2.72. The third kappa shape index (κ3) is 3.97. The van der Waals surface area contributed by atoms with Gasteiger partial charge in [0.25, 0.3) is 0 Å². The van der Waals surface area contributed by atoms with Crippen LogP contribution in [0.5, 0.6) is 5.88 Å². The van der Waals surface area contributed by atoms with Crippen LogP contribution in [-0.4, -0.2) is 16.6 Å². The molecule has 0 amide bonds. The largest absolute Gasteiger partial charge is 0.477 e. The van der Waals surface area contributed by atoms with E-state index in [1.54, 1.807) is 0 Å². The molecule has 0 saturated carbocycles. The van der Waals surface area contributed by atoms with Crippen LogP contribution in [0.1, 0.15) is 41.5 Å². The average molecular weight is 415 g/mol. The minimum absolute atomic E-state index is 0.782. The Morgan fingerprint density at radius 1 is 1.00 bits per heavy atom. The van der Waals surface area contributed by atoms with Crippen molar-refractivity contribution in [3.63, 3.8) is 0 Å². The fourth-order valence-corrected chi connectivity index (χ4v) is 4.62. The second-order valence-electron chi connectivity index (χ2n) is 8.35. The molecule has 4 heteroatoms. The molecule has 0 radical (unpaired) electrons. The maximum absolute atomic E-state index is 5.70. The second-order valence-corrected chi connectivity index (χ2v) is 8.76. The van der Waals surface area contributed by atoms with Gasteiger partial charge < -0.3 is 9.72 Å². The van der Waals surface area contributed by atoms with E-state index in [4.69, 9.17) is 21.9 Å². The van der Waals surface area contributed by atoms with Crippen molar-refractivity contribution in [2.75, 3.05) is 6.61 Å². The number of nitrogens with one attached hydrogen (secondary N) is 1. The van der Waals surface area contributed by atoms with E-state index < -0.39 is 0 Å². The number of aromatic nitrogens is 2. The van der Waals surface area contributed by atoms with Crippen LogP contribution in [0.25, 0.3) is 21.8 Å². The fourth-order valence-electron chi connectivity index (χ4n) is 4.34. The zero-order valence-electron chi connectivity index (χ0n) is 17.3. The Labute approximate surface area is 182 Å². The molecule has 0 atom stereocenters. The summed E-state index contributed by atoms with van der Waals surface area (Å²) in [5, 5.41) is 2.47. The highest BCUT2D eigenvalue weighted by molar-refractivity contribution is 7.71. The summed E-state index contributed by atoms with van der Waals surface area (Å²) >= 11 is 5.58. The molecule has 2 aromatic heterocycles. The van der Waals surface area contributed by atoms with Gasteiger partial charge in [-0.05, 0) is 98.4 Å². The Bertz CT molecular complexity index is 1290. The third-order valence-electron chi connectivity index (χ3n) is 5.99. The summed E-state index contributed by atoms with van der Waals surface area (Å²) in [6, 6.07) is 17.6. The lowest BCUT2D eigenvalue weighted by atomic mass is 10.0. The van der Waals surface area contributed by atoms with Gasteiger partial charge in [0, 0.05) is 16.5 Å². The number of hydrogen-bond donors (Lipinski definition) is 1. The van der Waals surface area contributed by atoms with E-state index in [9.17, 15) is 0 Å². The molecule has 152 valence electrons. The van der Waals surface area contributed by atoms with E-state index in [0.717, 1.165) is 66.7 Å². The Morgan fingerprint density at radius 2 is 1.90 bits per heavy atom. The molecular formula is C26H26N2OS. The van der Waals surface area contributed by atoms with Crippen LogP contribution in [0.15, 0.2) is 48.5 Å². The lowest BCUT2D eigenvalue weighted by Crippen LogP contribution is -2.09. The first-order valence-corrected chi connectivity index (χ1v) is 11.2. The summed E-state index contributed by atoms with van der Waals surface area (Å²) in [6.07, 6.45) is 6.51. The predicted molar refractivity (Wildman–Crippen MR) is 126 cm³/mol. The van der Waals surface area contributed by atoms with Gasteiger partial charge in [0.05, 0.1) is 12.1 Å². The zero-order chi connectivity index (χ0) is 20.5. The van der Waals surface area contributed by atoms with Crippen molar-refractivity contribution in [3.8, 4) is 5.88 Å². The first-order valence-electron chi connectivity index (χ1n) is 10.8. The van der Waals surface area contributed by atoms with Crippen LogP contribution in [0.4, 0.5) is 0 Å². The molecule has 4 aromatic rings. The summed E-state index contributed by atoms with van der Waals surface area (Å²) < 4.78 is 6.57. The van der Waals surface area contributed by atoms with Gasteiger partial charge in [0.15, 0.2) is 0 Å². The minimum atomic E-state index is 0.782. The van der Waals surface area contributed by atoms with Gasteiger partial charge in [-0.25, -0.2) is 4.98 Å². The molecule has 30 heavy (non-hydrogen) atoms. The molecule has 0 fully saturated rings. The minimum Gasteiger partial charge on any atom is -0.477 e. The van der Waals surface area contributed by atoms with Crippen molar-refractivity contribution < 1.29 is 4.74 Å². The summed E-state index contributed by atoms with van der Waals surface area (Å²) in [7, 11) is 0. The monoisotopic (exact) mass is 414 g/mol. The van der Waals surface area contributed by atoms with Crippen LogP contribution in [-0.2, 0) is 19.3 Å². The molecule has 0 aliphatic carbocycles. The Balaban J connectivity index is 1.25. The summed E-state index contributed by atoms with van der Waals surface area (Å²) in [5.74, 6) is 0.823. The van der Waals surface area contributed by atoms with Crippen molar-refractivity contribution in [1.29, 1.82) is 0 Å². The summed E-state index contributed by atoms with van der Waals surface area (Å²) in [6.45, 7) is 2.91. The van der Waals surface area contributed by atoms with Crippen molar-refractivity contribution in [2.45, 2.75) is 45.4 Å². The van der Waals surface area contributed by atoms with Crippen LogP contribution in [0, 0.1) is 11.6 Å². The number of aryl methyl sites for hydroxylation is 4. The molecule has 0 bridgehead atoms. The summed E-state index contributed by atoms with van der Waals surface area (Å²) in [5.41, 5.74) is 7.28. The number of fused-ring (bicyclic) bond motifs is 3. The molecular weight excluding hydrogens is 388 g/mol. The number of H-pyrrole nitrogens is 1.